The molecule has 0 bridgehead atoms. The molecule has 3 rings (SSSR count). The molecule has 0 N–H and O–H groups in total. The number of nitro benzene ring substituents is 2. The van der Waals surface area contributed by atoms with Crippen LogP contribution in [0.1, 0.15) is 27.9 Å². The molecule has 0 saturated carbocycles. The van der Waals surface area contributed by atoms with E-state index in [1.54, 1.807) is 0 Å². The number of aryl methyl sites for hydroxylation is 1. The number of nitrogens with zero attached hydrogens (tertiary/aromatic N) is 3. The van der Waals surface area contributed by atoms with Crippen molar-refractivity contribution in [2.24, 2.45) is 0 Å². The second kappa shape index (κ2) is 7.61. The van der Waals surface area contributed by atoms with E-state index in [2.05, 4.69) is 4.74 Å². The van der Waals surface area contributed by atoms with Crippen molar-refractivity contribution in [3.8, 4) is 5.75 Å². The molecule has 0 spiro atoms. The van der Waals surface area contributed by atoms with Crippen LogP contribution in [0.2, 0.25) is 0 Å². The molecule has 0 unspecified atom stereocenters. The number of carbonyl (C=O) groups excluding carboxylic acids is 1. The molecule has 1 amide bonds. The van der Waals surface area contributed by atoms with E-state index in [4.69, 9.17) is 0 Å². The first-order valence-corrected chi connectivity index (χ1v) is 8.62. The molecular formula is C18H14F3N3O6. The van der Waals surface area contributed by atoms with E-state index in [9.17, 15) is 38.2 Å². The van der Waals surface area contributed by atoms with Crippen molar-refractivity contribution >= 4 is 23.0 Å². The topological polar surface area (TPSA) is 116 Å². The average molecular weight is 425 g/mol. The number of non-ortho nitro benzene ring substituents is 1. The van der Waals surface area contributed by atoms with Crippen molar-refractivity contribution in [3.63, 3.8) is 0 Å². The maximum absolute atomic E-state index is 13.1. The molecule has 0 aliphatic carbocycles. The van der Waals surface area contributed by atoms with E-state index in [1.165, 1.54) is 24.0 Å². The predicted octanol–water partition coefficient (Wildman–Crippen LogP) is 4.30. The summed E-state index contributed by atoms with van der Waals surface area (Å²) in [6, 6.07) is 5.25. The first-order chi connectivity index (χ1) is 14.0. The molecule has 12 heteroatoms. The third-order valence-corrected chi connectivity index (χ3v) is 4.65. The molecule has 0 atom stereocenters. The van der Waals surface area contributed by atoms with E-state index in [-0.39, 0.29) is 17.7 Å². The Hall–Kier alpha value is -3.70. The summed E-state index contributed by atoms with van der Waals surface area (Å²) < 4.78 is 41.3. The Morgan fingerprint density at radius 1 is 1.13 bits per heavy atom. The van der Waals surface area contributed by atoms with Crippen LogP contribution in [0, 0.1) is 27.2 Å². The predicted molar refractivity (Wildman–Crippen MR) is 97.6 cm³/mol. The smallest absolute Gasteiger partial charge is 0.406 e. The number of fused-ring (bicyclic) bond motifs is 1. The van der Waals surface area contributed by atoms with E-state index in [1.807, 2.05) is 0 Å². The summed E-state index contributed by atoms with van der Waals surface area (Å²) in [5.41, 5.74) is -0.706. The van der Waals surface area contributed by atoms with Gasteiger partial charge in [-0.05, 0) is 43.5 Å². The fraction of sp³-hybridized carbons (Fsp3) is 0.278. The molecule has 0 fully saturated rings. The van der Waals surface area contributed by atoms with Crippen LogP contribution < -0.4 is 9.64 Å². The molecule has 0 saturated heterocycles. The van der Waals surface area contributed by atoms with E-state index < -0.39 is 39.2 Å². The lowest BCUT2D eigenvalue weighted by molar-refractivity contribution is -0.394. The molecule has 9 nitrogen and oxygen atoms in total. The molecule has 0 aromatic heterocycles. The van der Waals surface area contributed by atoms with E-state index in [0.717, 1.165) is 18.2 Å². The van der Waals surface area contributed by atoms with Gasteiger partial charge in [0.1, 0.15) is 5.75 Å². The zero-order valence-electron chi connectivity index (χ0n) is 15.4. The third-order valence-electron chi connectivity index (χ3n) is 4.65. The molecule has 158 valence electrons. The highest BCUT2D eigenvalue weighted by atomic mass is 19.4. The first kappa shape index (κ1) is 21.0. The van der Waals surface area contributed by atoms with Gasteiger partial charge in [-0.25, -0.2) is 0 Å². The fourth-order valence-corrected chi connectivity index (χ4v) is 3.33. The molecule has 30 heavy (non-hydrogen) atoms. The number of amides is 1. The average Bonchev–Trinajstić information content (AvgIpc) is 2.65. The van der Waals surface area contributed by atoms with Crippen molar-refractivity contribution in [2.45, 2.75) is 26.1 Å². The van der Waals surface area contributed by atoms with Gasteiger partial charge in [0.15, 0.2) is 0 Å². The molecular weight excluding hydrogens is 411 g/mol. The number of anilines is 1. The summed E-state index contributed by atoms with van der Waals surface area (Å²) in [6.07, 6.45) is -4.05. The SMILES string of the molecule is Cc1c(C(=O)N2CCCc3cc(OC(F)(F)F)ccc32)cc([N+](=O)[O-])cc1[N+](=O)[O-]. The van der Waals surface area contributed by atoms with Crippen molar-refractivity contribution < 1.29 is 32.5 Å². The number of rotatable bonds is 4. The van der Waals surface area contributed by atoms with Gasteiger partial charge in [0.2, 0.25) is 0 Å². The summed E-state index contributed by atoms with van der Waals surface area (Å²) in [4.78, 5) is 35.1. The Bertz CT molecular complexity index is 1050. The molecule has 2 aromatic carbocycles. The minimum absolute atomic E-state index is 0.0419. The lowest BCUT2D eigenvalue weighted by Crippen LogP contribution is -2.36. The van der Waals surface area contributed by atoms with Crippen LogP contribution in [0.3, 0.4) is 0 Å². The van der Waals surface area contributed by atoms with Gasteiger partial charge in [0.05, 0.1) is 21.5 Å². The largest absolute Gasteiger partial charge is 0.573 e. The van der Waals surface area contributed by atoms with E-state index >= 15 is 0 Å². The molecule has 1 aliphatic heterocycles. The minimum atomic E-state index is -4.86. The lowest BCUT2D eigenvalue weighted by atomic mass is 9.98. The molecule has 1 heterocycles. The standard InChI is InChI=1S/C18H14F3N3O6/c1-10-14(8-12(23(26)27)9-16(10)24(28)29)17(25)22-6-2-3-11-7-13(4-5-15(11)22)30-18(19,20)21/h4-5,7-9H,2-3,6H2,1H3. The first-order valence-electron chi connectivity index (χ1n) is 8.62. The Morgan fingerprint density at radius 3 is 2.43 bits per heavy atom. The van der Waals surface area contributed by atoms with Gasteiger partial charge in [-0.1, -0.05) is 0 Å². The lowest BCUT2D eigenvalue weighted by Gasteiger charge is -2.30. The highest BCUT2D eigenvalue weighted by Gasteiger charge is 2.33. The number of halogens is 3. The number of benzene rings is 2. The Balaban J connectivity index is 2.03. The number of ether oxygens (including phenoxy) is 1. The van der Waals surface area contributed by atoms with Gasteiger partial charge in [-0.2, -0.15) is 0 Å². The van der Waals surface area contributed by atoms with E-state index in [0.29, 0.717) is 24.1 Å². The van der Waals surface area contributed by atoms with Gasteiger partial charge < -0.3 is 9.64 Å². The van der Waals surface area contributed by atoms with Gasteiger partial charge in [-0.3, -0.25) is 25.0 Å². The molecule has 0 radical (unpaired) electrons. The Labute approximate surface area is 167 Å². The number of hydrogen-bond donors (Lipinski definition) is 0. The van der Waals surface area contributed by atoms with Crippen molar-refractivity contribution in [1.82, 2.24) is 0 Å². The molecule has 2 aromatic rings. The fourth-order valence-electron chi connectivity index (χ4n) is 3.33. The third kappa shape index (κ3) is 4.16. The monoisotopic (exact) mass is 425 g/mol. The van der Waals surface area contributed by atoms with Crippen LogP contribution in [0.25, 0.3) is 0 Å². The maximum Gasteiger partial charge on any atom is 0.573 e. The second-order valence-electron chi connectivity index (χ2n) is 6.55. The maximum atomic E-state index is 13.1. The summed E-state index contributed by atoms with van der Waals surface area (Å²) >= 11 is 0. The zero-order chi connectivity index (χ0) is 22.2. The van der Waals surface area contributed by atoms with Gasteiger partial charge >= 0.3 is 6.36 Å². The highest BCUT2D eigenvalue weighted by molar-refractivity contribution is 6.08. The summed E-state index contributed by atoms with van der Waals surface area (Å²) in [6.45, 7) is 1.50. The second-order valence-corrected chi connectivity index (χ2v) is 6.55. The summed E-state index contributed by atoms with van der Waals surface area (Å²) in [5.74, 6) is -1.15. The van der Waals surface area contributed by atoms with Crippen LogP contribution in [0.15, 0.2) is 30.3 Å². The zero-order valence-corrected chi connectivity index (χ0v) is 15.4. The Morgan fingerprint density at radius 2 is 1.83 bits per heavy atom. The van der Waals surface area contributed by atoms with Crippen LogP contribution in [0.5, 0.6) is 5.75 Å². The quantitative estimate of drug-likeness (QED) is 0.533. The summed E-state index contributed by atoms with van der Waals surface area (Å²) in [5, 5.41) is 22.4. The van der Waals surface area contributed by atoms with Crippen molar-refractivity contribution in [3.05, 3.63) is 67.3 Å². The van der Waals surface area contributed by atoms with Crippen molar-refractivity contribution in [2.75, 3.05) is 11.4 Å². The minimum Gasteiger partial charge on any atom is -0.406 e. The number of nitro groups is 2. The normalized spacial score (nSPS) is 13.5. The van der Waals surface area contributed by atoms with Crippen molar-refractivity contribution in [1.29, 1.82) is 0 Å². The van der Waals surface area contributed by atoms with Gasteiger partial charge in [-0.15, -0.1) is 13.2 Å². The Kier molecular flexibility index (Phi) is 5.33. The number of hydrogen-bond acceptors (Lipinski definition) is 6. The van der Waals surface area contributed by atoms with Crippen LogP contribution in [-0.2, 0) is 6.42 Å². The summed E-state index contributed by atoms with van der Waals surface area (Å²) in [7, 11) is 0. The van der Waals surface area contributed by atoms with Crippen LogP contribution in [-0.4, -0.2) is 28.7 Å². The molecule has 1 aliphatic rings. The van der Waals surface area contributed by atoms with Crippen LogP contribution in [0.4, 0.5) is 30.2 Å². The van der Waals surface area contributed by atoms with Gasteiger partial charge in [0, 0.05) is 23.9 Å². The highest BCUT2D eigenvalue weighted by Crippen LogP contribution is 2.35. The number of alkyl halides is 3. The van der Waals surface area contributed by atoms with Crippen LogP contribution >= 0.6 is 0 Å². The van der Waals surface area contributed by atoms with Gasteiger partial charge in [0.25, 0.3) is 17.3 Å². The number of carbonyl (C=O) groups is 1.